The second kappa shape index (κ2) is 11.7. The quantitative estimate of drug-likeness (QED) is 0.154. The first kappa shape index (κ1) is 26.6. The minimum atomic E-state index is -0.362. The van der Waals surface area contributed by atoms with Crippen molar-refractivity contribution < 1.29 is 10.2 Å². The van der Waals surface area contributed by atoms with Crippen molar-refractivity contribution >= 4 is 76.7 Å². The number of nitrogens with zero attached hydrogens (tertiary/aromatic N) is 5. The SMILES string of the molecule is CC(Nc1nc(N=Cc2c(Cl)cccc2Cl)nc(N=Cc2c(Cl)cccc2Cl)n1)c1ccc(O)c(O)c1. The summed E-state index contributed by atoms with van der Waals surface area (Å²) < 4.78 is 0. The molecule has 8 nitrogen and oxygen atoms in total. The van der Waals surface area contributed by atoms with Crippen molar-refractivity contribution in [3.63, 3.8) is 0 Å². The fourth-order valence-electron chi connectivity index (χ4n) is 3.13. The number of nitrogens with one attached hydrogen (secondary N) is 1. The third-order valence-corrected chi connectivity index (χ3v) is 6.39. The molecule has 0 radical (unpaired) electrons. The molecule has 1 heterocycles. The van der Waals surface area contributed by atoms with E-state index in [0.717, 1.165) is 0 Å². The first-order valence-corrected chi connectivity index (χ1v) is 12.2. The van der Waals surface area contributed by atoms with E-state index in [1.165, 1.54) is 24.6 Å². The number of aromatic nitrogens is 3. The number of benzene rings is 3. The third-order valence-electron chi connectivity index (χ3n) is 5.07. The molecule has 1 aromatic heterocycles. The van der Waals surface area contributed by atoms with Crippen molar-refractivity contribution in [2.45, 2.75) is 13.0 Å². The van der Waals surface area contributed by atoms with Gasteiger partial charge in [0.1, 0.15) is 0 Å². The number of aromatic hydroxyl groups is 2. The Hall–Kier alpha value is -3.43. The molecule has 3 aromatic carbocycles. The molecule has 4 rings (SSSR count). The van der Waals surface area contributed by atoms with Crippen LogP contribution < -0.4 is 5.32 Å². The second-order valence-corrected chi connectivity index (χ2v) is 9.29. The van der Waals surface area contributed by atoms with Gasteiger partial charge in [0.25, 0.3) is 11.9 Å². The van der Waals surface area contributed by atoms with Crippen LogP contribution in [0, 0.1) is 0 Å². The van der Waals surface area contributed by atoms with Gasteiger partial charge in [0.15, 0.2) is 11.5 Å². The van der Waals surface area contributed by atoms with Gasteiger partial charge in [0.2, 0.25) is 5.95 Å². The van der Waals surface area contributed by atoms with Crippen molar-refractivity contribution in [3.05, 3.63) is 91.4 Å². The summed E-state index contributed by atoms with van der Waals surface area (Å²) in [5, 5.41) is 24.2. The molecule has 0 amide bonds. The molecule has 188 valence electrons. The Kier molecular flexibility index (Phi) is 8.45. The topological polar surface area (TPSA) is 116 Å². The van der Waals surface area contributed by atoms with E-state index in [2.05, 4.69) is 30.3 Å². The molecule has 3 N–H and O–H groups in total. The van der Waals surface area contributed by atoms with Crippen LogP contribution in [0.4, 0.5) is 17.8 Å². The van der Waals surface area contributed by atoms with Gasteiger partial charge >= 0.3 is 0 Å². The number of phenols is 2. The van der Waals surface area contributed by atoms with E-state index in [1.54, 1.807) is 42.5 Å². The van der Waals surface area contributed by atoms with E-state index < -0.39 is 0 Å². The van der Waals surface area contributed by atoms with Crippen LogP contribution in [0.5, 0.6) is 11.5 Å². The molecule has 0 bridgehead atoms. The standard InChI is InChI=1S/C25H18Cl4N6O2/c1-13(14-8-9-21(36)22(37)10-14)32-25-34-23(30-11-15-17(26)4-2-5-18(15)27)33-24(35-25)31-12-16-19(28)6-3-7-20(16)29/h2-13,36-37H,1H3,(H,32,33,34,35). The summed E-state index contributed by atoms with van der Waals surface area (Å²) >= 11 is 25.0. The summed E-state index contributed by atoms with van der Waals surface area (Å²) in [6, 6.07) is 14.3. The highest BCUT2D eigenvalue weighted by molar-refractivity contribution is 6.39. The number of halogens is 4. The molecule has 12 heteroatoms. The van der Waals surface area contributed by atoms with E-state index in [4.69, 9.17) is 46.4 Å². The van der Waals surface area contributed by atoms with Gasteiger partial charge in [0, 0.05) is 23.6 Å². The third kappa shape index (κ3) is 6.67. The smallest absolute Gasteiger partial charge is 0.256 e. The zero-order valence-electron chi connectivity index (χ0n) is 19.1. The Morgan fingerprint density at radius 3 is 1.68 bits per heavy atom. The Morgan fingerprint density at radius 2 is 1.22 bits per heavy atom. The van der Waals surface area contributed by atoms with E-state index in [-0.39, 0.29) is 35.4 Å². The van der Waals surface area contributed by atoms with Gasteiger partial charge in [-0.2, -0.15) is 15.0 Å². The highest BCUT2D eigenvalue weighted by Crippen LogP contribution is 2.30. The van der Waals surface area contributed by atoms with Crippen molar-refractivity contribution in [1.29, 1.82) is 0 Å². The Bertz CT molecular complexity index is 1390. The summed E-state index contributed by atoms with van der Waals surface area (Å²) in [6.07, 6.45) is 2.90. The summed E-state index contributed by atoms with van der Waals surface area (Å²) in [7, 11) is 0. The van der Waals surface area contributed by atoms with Gasteiger partial charge < -0.3 is 15.5 Å². The highest BCUT2D eigenvalue weighted by Gasteiger charge is 2.13. The van der Waals surface area contributed by atoms with Crippen LogP contribution >= 0.6 is 46.4 Å². The average Bonchev–Trinajstić information content (AvgIpc) is 2.85. The Labute approximate surface area is 232 Å². The summed E-state index contributed by atoms with van der Waals surface area (Å²) in [6.45, 7) is 1.83. The van der Waals surface area contributed by atoms with Gasteiger partial charge in [-0.3, -0.25) is 0 Å². The molecule has 0 spiro atoms. The molecular formula is C25H18Cl4N6O2. The van der Waals surface area contributed by atoms with E-state index >= 15 is 0 Å². The molecule has 0 aliphatic carbocycles. The van der Waals surface area contributed by atoms with Crippen LogP contribution in [0.2, 0.25) is 20.1 Å². The summed E-state index contributed by atoms with van der Waals surface area (Å²) in [4.78, 5) is 21.6. The van der Waals surface area contributed by atoms with Crippen molar-refractivity contribution in [1.82, 2.24) is 15.0 Å². The molecule has 1 unspecified atom stereocenters. The monoisotopic (exact) mass is 574 g/mol. The zero-order chi connectivity index (χ0) is 26.5. The average molecular weight is 576 g/mol. The predicted octanol–water partition coefficient (Wildman–Crippen LogP) is 7.57. The lowest BCUT2D eigenvalue weighted by atomic mass is 10.1. The lowest BCUT2D eigenvalue weighted by Gasteiger charge is -2.15. The number of aliphatic imine (C=N–C) groups is 2. The normalized spacial score (nSPS) is 12.4. The predicted molar refractivity (Wildman–Crippen MR) is 149 cm³/mol. The number of hydrogen-bond donors (Lipinski definition) is 3. The fourth-order valence-corrected chi connectivity index (χ4v) is 4.12. The van der Waals surface area contributed by atoms with Crippen LogP contribution in [-0.2, 0) is 0 Å². The second-order valence-electron chi connectivity index (χ2n) is 7.66. The van der Waals surface area contributed by atoms with Gasteiger partial charge in [-0.15, -0.1) is 0 Å². The molecule has 0 saturated heterocycles. The molecule has 0 fully saturated rings. The van der Waals surface area contributed by atoms with Crippen molar-refractivity contribution in [3.8, 4) is 11.5 Å². The molecular weight excluding hydrogens is 558 g/mol. The number of rotatable bonds is 7. The molecule has 37 heavy (non-hydrogen) atoms. The number of phenolic OH excluding ortho intramolecular Hbond substituents is 2. The first-order chi connectivity index (χ1) is 17.7. The van der Waals surface area contributed by atoms with Gasteiger partial charge in [-0.25, -0.2) is 9.98 Å². The Morgan fingerprint density at radius 1 is 0.730 bits per heavy atom. The summed E-state index contributed by atoms with van der Waals surface area (Å²) in [5.41, 5.74) is 1.68. The van der Waals surface area contributed by atoms with Crippen LogP contribution in [-0.4, -0.2) is 37.6 Å². The highest BCUT2D eigenvalue weighted by atomic mass is 35.5. The lowest BCUT2D eigenvalue weighted by Crippen LogP contribution is -2.10. The lowest BCUT2D eigenvalue weighted by molar-refractivity contribution is 0.403. The van der Waals surface area contributed by atoms with E-state index in [1.807, 2.05) is 6.92 Å². The van der Waals surface area contributed by atoms with Crippen LogP contribution in [0.15, 0.2) is 64.6 Å². The molecule has 1 atom stereocenters. The van der Waals surface area contributed by atoms with Gasteiger partial charge in [-0.1, -0.05) is 64.6 Å². The Balaban J connectivity index is 1.70. The fraction of sp³-hybridized carbons (Fsp3) is 0.0800. The van der Waals surface area contributed by atoms with Crippen LogP contribution in [0.1, 0.15) is 29.7 Å². The van der Waals surface area contributed by atoms with Gasteiger partial charge in [0.05, 0.1) is 26.1 Å². The van der Waals surface area contributed by atoms with Crippen molar-refractivity contribution in [2.24, 2.45) is 9.98 Å². The molecule has 4 aromatic rings. The van der Waals surface area contributed by atoms with Gasteiger partial charge in [-0.05, 0) is 48.9 Å². The largest absolute Gasteiger partial charge is 0.504 e. The summed E-state index contributed by atoms with van der Waals surface area (Å²) in [5.74, 6) is -0.241. The number of hydrogen-bond acceptors (Lipinski definition) is 8. The van der Waals surface area contributed by atoms with E-state index in [9.17, 15) is 10.2 Å². The maximum Gasteiger partial charge on any atom is 0.256 e. The van der Waals surface area contributed by atoms with Crippen molar-refractivity contribution in [2.75, 3.05) is 5.32 Å². The molecule has 0 aliphatic rings. The number of anilines is 1. The van der Waals surface area contributed by atoms with E-state index in [0.29, 0.717) is 36.8 Å². The zero-order valence-corrected chi connectivity index (χ0v) is 22.1. The maximum absolute atomic E-state index is 9.85. The minimum Gasteiger partial charge on any atom is -0.504 e. The minimum absolute atomic E-state index is 0.0339. The van der Waals surface area contributed by atoms with Crippen LogP contribution in [0.25, 0.3) is 0 Å². The molecule has 0 saturated carbocycles. The maximum atomic E-state index is 9.85. The molecule has 0 aliphatic heterocycles. The first-order valence-electron chi connectivity index (χ1n) is 10.7. The van der Waals surface area contributed by atoms with Crippen LogP contribution in [0.3, 0.4) is 0 Å².